The maximum atomic E-state index is 12.3. The highest BCUT2D eigenvalue weighted by molar-refractivity contribution is 6.30. The van der Waals surface area contributed by atoms with Gasteiger partial charge in [0.25, 0.3) is 0 Å². The Morgan fingerprint density at radius 2 is 1.64 bits per heavy atom. The van der Waals surface area contributed by atoms with Gasteiger partial charge in [0, 0.05) is 17.0 Å². The molecule has 0 radical (unpaired) electrons. The Kier molecular flexibility index (Phi) is 5.34. The first-order chi connectivity index (χ1) is 10.5. The Bertz CT molecular complexity index is 660. The van der Waals surface area contributed by atoms with Crippen molar-refractivity contribution in [1.29, 1.82) is 0 Å². The van der Waals surface area contributed by atoms with Gasteiger partial charge in [-0.2, -0.15) is 0 Å². The molecular formula is C18H17ClO3. The van der Waals surface area contributed by atoms with Crippen LogP contribution in [0.25, 0.3) is 0 Å². The van der Waals surface area contributed by atoms with Crippen LogP contribution in [-0.4, -0.2) is 16.9 Å². The number of carboxylic acid groups (broad SMARTS) is 1. The minimum Gasteiger partial charge on any atom is -0.481 e. The summed E-state index contributed by atoms with van der Waals surface area (Å²) in [7, 11) is 0. The van der Waals surface area contributed by atoms with Gasteiger partial charge in [-0.05, 0) is 41.8 Å². The van der Waals surface area contributed by atoms with Crippen LogP contribution in [-0.2, 0) is 11.2 Å². The van der Waals surface area contributed by atoms with Gasteiger partial charge in [-0.1, -0.05) is 42.8 Å². The summed E-state index contributed by atoms with van der Waals surface area (Å²) in [6, 6.07) is 13.9. The van der Waals surface area contributed by atoms with Crippen LogP contribution >= 0.6 is 11.6 Å². The molecule has 2 rings (SSSR count). The van der Waals surface area contributed by atoms with E-state index in [2.05, 4.69) is 0 Å². The Labute approximate surface area is 134 Å². The molecule has 0 spiro atoms. The summed E-state index contributed by atoms with van der Waals surface area (Å²) in [5.41, 5.74) is 2.25. The van der Waals surface area contributed by atoms with Crippen molar-refractivity contribution in [3.63, 3.8) is 0 Å². The molecule has 2 aromatic rings. The molecule has 4 heteroatoms. The van der Waals surface area contributed by atoms with Gasteiger partial charge in [0.1, 0.15) is 0 Å². The van der Waals surface area contributed by atoms with Crippen LogP contribution in [0.5, 0.6) is 0 Å². The second-order valence-electron chi connectivity index (χ2n) is 5.12. The second-order valence-corrected chi connectivity index (χ2v) is 5.56. The van der Waals surface area contributed by atoms with E-state index in [-0.39, 0.29) is 12.2 Å². The van der Waals surface area contributed by atoms with E-state index in [4.69, 9.17) is 11.6 Å². The molecule has 0 aromatic heterocycles. The van der Waals surface area contributed by atoms with Gasteiger partial charge in [0.15, 0.2) is 5.78 Å². The molecule has 1 N–H and O–H groups in total. The van der Waals surface area contributed by atoms with Crippen LogP contribution < -0.4 is 0 Å². The maximum absolute atomic E-state index is 12.3. The zero-order valence-corrected chi connectivity index (χ0v) is 13.0. The Morgan fingerprint density at radius 3 is 2.14 bits per heavy atom. The average molecular weight is 317 g/mol. The number of hydrogen-bond donors (Lipinski definition) is 1. The van der Waals surface area contributed by atoms with E-state index in [0.29, 0.717) is 16.1 Å². The van der Waals surface area contributed by atoms with Crippen molar-refractivity contribution >= 4 is 23.4 Å². The number of halogens is 1. The predicted molar refractivity (Wildman–Crippen MR) is 86.6 cm³/mol. The van der Waals surface area contributed by atoms with E-state index in [9.17, 15) is 14.7 Å². The standard InChI is InChI=1S/C18H17ClO3/c1-2-12-3-5-13(6-4-12)16(18(21)22)11-17(20)14-7-9-15(19)10-8-14/h3-10,16H,2,11H2,1H3,(H,21,22). The third kappa shape index (κ3) is 3.95. The highest BCUT2D eigenvalue weighted by Crippen LogP contribution is 2.23. The van der Waals surface area contributed by atoms with E-state index in [1.807, 2.05) is 19.1 Å². The molecule has 0 saturated carbocycles. The molecule has 22 heavy (non-hydrogen) atoms. The van der Waals surface area contributed by atoms with Crippen molar-refractivity contribution in [2.45, 2.75) is 25.7 Å². The summed E-state index contributed by atoms with van der Waals surface area (Å²) >= 11 is 5.79. The van der Waals surface area contributed by atoms with E-state index < -0.39 is 11.9 Å². The predicted octanol–water partition coefficient (Wildman–Crippen LogP) is 4.34. The topological polar surface area (TPSA) is 54.4 Å². The van der Waals surface area contributed by atoms with Crippen molar-refractivity contribution in [1.82, 2.24) is 0 Å². The number of aliphatic carboxylic acids is 1. The summed E-state index contributed by atoms with van der Waals surface area (Å²) in [6.45, 7) is 2.04. The molecule has 0 saturated heterocycles. The minimum absolute atomic E-state index is 0.0670. The van der Waals surface area contributed by atoms with Crippen LogP contribution in [0.3, 0.4) is 0 Å². The van der Waals surface area contributed by atoms with Crippen molar-refractivity contribution in [2.75, 3.05) is 0 Å². The number of Topliss-reactive ketones (excluding diaryl/α,β-unsaturated/α-hetero) is 1. The van der Waals surface area contributed by atoms with E-state index in [0.717, 1.165) is 12.0 Å². The molecule has 0 amide bonds. The van der Waals surface area contributed by atoms with Gasteiger partial charge in [-0.15, -0.1) is 0 Å². The first kappa shape index (κ1) is 16.2. The molecule has 0 aliphatic carbocycles. The lowest BCUT2D eigenvalue weighted by Gasteiger charge is -2.13. The van der Waals surface area contributed by atoms with Crippen LogP contribution in [0.2, 0.25) is 5.02 Å². The number of carboxylic acids is 1. The molecule has 3 nitrogen and oxygen atoms in total. The summed E-state index contributed by atoms with van der Waals surface area (Å²) < 4.78 is 0. The minimum atomic E-state index is -0.994. The van der Waals surface area contributed by atoms with Gasteiger partial charge in [-0.3, -0.25) is 9.59 Å². The molecule has 0 fully saturated rings. The number of ketones is 1. The van der Waals surface area contributed by atoms with Gasteiger partial charge >= 0.3 is 5.97 Å². The number of carbonyl (C=O) groups excluding carboxylic acids is 1. The lowest BCUT2D eigenvalue weighted by molar-refractivity contribution is -0.138. The van der Waals surface area contributed by atoms with Crippen LogP contribution in [0.15, 0.2) is 48.5 Å². The number of benzene rings is 2. The normalized spacial score (nSPS) is 11.9. The summed E-state index contributed by atoms with van der Waals surface area (Å²) in [5, 5.41) is 9.96. The zero-order valence-electron chi connectivity index (χ0n) is 12.3. The number of carbonyl (C=O) groups is 2. The second kappa shape index (κ2) is 7.23. The molecule has 0 heterocycles. The smallest absolute Gasteiger partial charge is 0.311 e. The lowest BCUT2D eigenvalue weighted by atomic mass is 9.91. The fraction of sp³-hybridized carbons (Fsp3) is 0.222. The molecular weight excluding hydrogens is 300 g/mol. The van der Waals surface area contributed by atoms with E-state index in [1.165, 1.54) is 0 Å². The van der Waals surface area contributed by atoms with Gasteiger partial charge in [0.05, 0.1) is 5.92 Å². The van der Waals surface area contributed by atoms with Gasteiger partial charge < -0.3 is 5.11 Å². The van der Waals surface area contributed by atoms with Gasteiger partial charge in [-0.25, -0.2) is 0 Å². The third-order valence-electron chi connectivity index (χ3n) is 3.64. The van der Waals surface area contributed by atoms with E-state index >= 15 is 0 Å². The highest BCUT2D eigenvalue weighted by Gasteiger charge is 2.23. The number of hydrogen-bond acceptors (Lipinski definition) is 2. The zero-order chi connectivity index (χ0) is 16.1. The molecule has 2 aromatic carbocycles. The Morgan fingerprint density at radius 1 is 1.05 bits per heavy atom. The summed E-state index contributed by atoms with van der Waals surface area (Å²) in [6.07, 6.45) is 0.824. The first-order valence-electron chi connectivity index (χ1n) is 7.11. The van der Waals surface area contributed by atoms with Crippen LogP contribution in [0, 0.1) is 0 Å². The SMILES string of the molecule is CCc1ccc(C(CC(=O)c2ccc(Cl)cc2)C(=O)O)cc1. The highest BCUT2D eigenvalue weighted by atomic mass is 35.5. The fourth-order valence-corrected chi connectivity index (χ4v) is 2.40. The third-order valence-corrected chi connectivity index (χ3v) is 3.90. The molecule has 0 aliphatic rings. The first-order valence-corrected chi connectivity index (χ1v) is 7.49. The molecule has 0 bridgehead atoms. The van der Waals surface area contributed by atoms with Crippen LogP contribution in [0.4, 0.5) is 0 Å². The van der Waals surface area contributed by atoms with E-state index in [1.54, 1.807) is 36.4 Å². The van der Waals surface area contributed by atoms with Crippen molar-refractivity contribution in [3.05, 3.63) is 70.2 Å². The summed E-state index contributed by atoms with van der Waals surface area (Å²) in [5.74, 6) is -2.04. The lowest BCUT2D eigenvalue weighted by Crippen LogP contribution is -2.16. The summed E-state index contributed by atoms with van der Waals surface area (Å²) in [4.78, 5) is 23.8. The van der Waals surface area contributed by atoms with Crippen molar-refractivity contribution in [3.8, 4) is 0 Å². The van der Waals surface area contributed by atoms with Crippen molar-refractivity contribution in [2.24, 2.45) is 0 Å². The Hall–Kier alpha value is -2.13. The monoisotopic (exact) mass is 316 g/mol. The maximum Gasteiger partial charge on any atom is 0.311 e. The molecule has 0 aliphatic heterocycles. The Balaban J connectivity index is 2.19. The van der Waals surface area contributed by atoms with Crippen molar-refractivity contribution < 1.29 is 14.7 Å². The molecule has 1 atom stereocenters. The number of rotatable bonds is 6. The largest absolute Gasteiger partial charge is 0.481 e. The van der Waals surface area contributed by atoms with Gasteiger partial charge in [0.2, 0.25) is 0 Å². The van der Waals surface area contributed by atoms with Crippen LogP contribution in [0.1, 0.15) is 40.7 Å². The molecule has 1 unspecified atom stereocenters. The quantitative estimate of drug-likeness (QED) is 0.806. The average Bonchev–Trinajstić information content (AvgIpc) is 2.53. The number of aryl methyl sites for hydroxylation is 1. The molecule has 114 valence electrons. The fourth-order valence-electron chi connectivity index (χ4n) is 2.27.